The first-order valence-corrected chi connectivity index (χ1v) is 12.8. The Morgan fingerprint density at radius 3 is 2.32 bits per heavy atom. The predicted octanol–water partition coefficient (Wildman–Crippen LogP) is 4.95. The maximum Gasteiger partial charge on any atom is 0.490 e. The smallest absolute Gasteiger partial charge is 0.475 e. The van der Waals surface area contributed by atoms with Gasteiger partial charge < -0.3 is 20.6 Å². The molecule has 0 saturated heterocycles. The van der Waals surface area contributed by atoms with Crippen LogP contribution in [0.2, 0.25) is 0 Å². The predicted molar refractivity (Wildman–Crippen MR) is 147 cm³/mol. The van der Waals surface area contributed by atoms with Crippen LogP contribution in [0.1, 0.15) is 41.6 Å². The number of hydrogen-bond acceptors (Lipinski definition) is 8. The van der Waals surface area contributed by atoms with E-state index in [9.17, 15) is 28.1 Å². The Labute approximate surface area is 233 Å². The number of rotatable bonds is 7. The van der Waals surface area contributed by atoms with Crippen LogP contribution in [0.3, 0.4) is 0 Å². The topological polar surface area (TPSA) is 151 Å². The van der Waals surface area contributed by atoms with E-state index in [1.54, 1.807) is 19.1 Å². The Morgan fingerprint density at radius 1 is 1.10 bits per heavy atom. The number of aryl methyl sites for hydroxylation is 1. The molecule has 14 heteroatoms. The summed E-state index contributed by atoms with van der Waals surface area (Å²) in [6, 6.07) is 12.9. The lowest BCUT2D eigenvalue weighted by molar-refractivity contribution is -0.385. The first-order valence-electron chi connectivity index (χ1n) is 12.8. The summed E-state index contributed by atoms with van der Waals surface area (Å²) in [4.78, 5) is 43.5. The molecule has 3 aromatic rings. The normalized spacial score (nSPS) is 16.7. The van der Waals surface area contributed by atoms with Crippen molar-refractivity contribution < 1.29 is 32.8 Å². The number of amides is 1. The van der Waals surface area contributed by atoms with Crippen LogP contribution in [0.4, 0.5) is 30.6 Å². The van der Waals surface area contributed by atoms with Gasteiger partial charge in [-0.2, -0.15) is 18.2 Å². The quantitative estimate of drug-likeness (QED) is 0.262. The van der Waals surface area contributed by atoms with E-state index >= 15 is 0 Å². The zero-order chi connectivity index (χ0) is 30.3. The monoisotopic (exact) mass is 576 g/mol. The molecule has 1 fully saturated rings. The average molecular weight is 577 g/mol. The lowest BCUT2D eigenvalue weighted by Crippen LogP contribution is -2.34. The van der Waals surface area contributed by atoms with E-state index in [-0.39, 0.29) is 17.6 Å². The van der Waals surface area contributed by atoms with Gasteiger partial charge in [0.25, 0.3) is 11.6 Å². The fraction of sp³-hybridized carbons (Fsp3) is 0.407. The van der Waals surface area contributed by atoms with Gasteiger partial charge in [0.15, 0.2) is 0 Å². The molecule has 0 spiro atoms. The van der Waals surface area contributed by atoms with E-state index in [2.05, 4.69) is 10.6 Å². The van der Waals surface area contributed by atoms with Gasteiger partial charge in [-0.05, 0) is 56.7 Å². The second kappa shape index (κ2) is 13.2. The lowest BCUT2D eigenvalue weighted by atomic mass is 9.86. The molecule has 1 aromatic heterocycles. The number of nitro benzene ring substituents is 1. The number of aliphatic carboxylic acids is 1. The van der Waals surface area contributed by atoms with E-state index < -0.39 is 17.1 Å². The minimum absolute atomic E-state index is 0.0347. The largest absolute Gasteiger partial charge is 0.490 e. The number of nitro groups is 1. The number of para-hydroxylation sites is 1. The number of halogens is 3. The van der Waals surface area contributed by atoms with Crippen LogP contribution < -0.4 is 15.5 Å². The van der Waals surface area contributed by atoms with Crippen molar-refractivity contribution in [2.45, 2.75) is 44.8 Å². The van der Waals surface area contributed by atoms with Crippen LogP contribution in [0, 0.1) is 23.0 Å². The average Bonchev–Trinajstić information content (AvgIpc) is 2.92. The van der Waals surface area contributed by atoms with Crippen molar-refractivity contribution in [2.75, 3.05) is 30.9 Å². The van der Waals surface area contributed by atoms with E-state index in [1.807, 2.05) is 43.3 Å². The second-order valence-corrected chi connectivity index (χ2v) is 9.92. The number of carbonyl (C=O) groups excluding carboxylic acids is 1. The summed E-state index contributed by atoms with van der Waals surface area (Å²) in [5.74, 6) is -1.13. The van der Waals surface area contributed by atoms with Gasteiger partial charge >= 0.3 is 12.1 Å². The Balaban J connectivity index is 0.000000587. The Hall–Kier alpha value is -4.49. The molecule has 1 aliphatic rings. The van der Waals surface area contributed by atoms with Crippen LogP contribution in [-0.4, -0.2) is 64.7 Å². The van der Waals surface area contributed by atoms with Crippen molar-refractivity contribution in [1.82, 2.24) is 15.3 Å². The van der Waals surface area contributed by atoms with Gasteiger partial charge in [0.2, 0.25) is 5.95 Å². The molecule has 220 valence electrons. The maximum atomic E-state index is 12.5. The third kappa shape index (κ3) is 8.50. The van der Waals surface area contributed by atoms with Gasteiger partial charge in [-0.25, -0.2) is 9.78 Å². The van der Waals surface area contributed by atoms with Crippen LogP contribution in [0.15, 0.2) is 42.5 Å². The highest BCUT2D eigenvalue weighted by Crippen LogP contribution is 2.28. The number of aromatic nitrogens is 2. The van der Waals surface area contributed by atoms with Crippen LogP contribution in [0.5, 0.6) is 0 Å². The molecule has 1 heterocycles. The molecule has 1 saturated carbocycles. The van der Waals surface area contributed by atoms with Crippen molar-refractivity contribution in [2.24, 2.45) is 5.92 Å². The number of nitrogens with one attached hydrogen (secondary N) is 2. The number of carbonyl (C=O) groups is 2. The molecule has 41 heavy (non-hydrogen) atoms. The first-order chi connectivity index (χ1) is 19.3. The number of carboxylic acids is 1. The van der Waals surface area contributed by atoms with Gasteiger partial charge in [0.1, 0.15) is 5.82 Å². The molecule has 0 aliphatic heterocycles. The third-order valence-corrected chi connectivity index (χ3v) is 6.65. The third-order valence-electron chi connectivity index (χ3n) is 6.65. The summed E-state index contributed by atoms with van der Waals surface area (Å²) in [6.07, 6.45) is -1.21. The molecule has 3 N–H and O–H groups in total. The van der Waals surface area contributed by atoms with Crippen LogP contribution >= 0.6 is 0 Å². The van der Waals surface area contributed by atoms with E-state index in [0.29, 0.717) is 29.5 Å². The van der Waals surface area contributed by atoms with E-state index in [0.717, 1.165) is 42.4 Å². The zero-order valence-corrected chi connectivity index (χ0v) is 22.7. The molecule has 1 amide bonds. The summed E-state index contributed by atoms with van der Waals surface area (Å²) < 4.78 is 31.7. The molecule has 2 aromatic carbocycles. The van der Waals surface area contributed by atoms with Crippen molar-refractivity contribution in [3.63, 3.8) is 0 Å². The number of hydrogen-bond donors (Lipinski definition) is 3. The Bertz CT molecular complexity index is 1410. The van der Waals surface area contributed by atoms with E-state index in [4.69, 9.17) is 19.9 Å². The fourth-order valence-corrected chi connectivity index (χ4v) is 4.45. The molecule has 4 rings (SSSR count). The highest BCUT2D eigenvalue weighted by molar-refractivity contribution is 5.95. The minimum Gasteiger partial charge on any atom is -0.475 e. The molecule has 0 unspecified atom stereocenters. The van der Waals surface area contributed by atoms with Crippen LogP contribution in [-0.2, 0) is 4.79 Å². The molecular formula is C27H31F3N6O5. The molecule has 0 radical (unpaired) electrons. The summed E-state index contributed by atoms with van der Waals surface area (Å²) >= 11 is 0. The Morgan fingerprint density at radius 2 is 1.73 bits per heavy atom. The highest BCUT2D eigenvalue weighted by atomic mass is 19.4. The van der Waals surface area contributed by atoms with Gasteiger partial charge in [0.05, 0.1) is 10.4 Å². The number of alkyl halides is 3. The molecule has 0 atom stereocenters. The number of carboxylic acid groups (broad SMARTS) is 1. The number of nitrogens with zero attached hydrogens (tertiary/aromatic N) is 4. The lowest BCUT2D eigenvalue weighted by Gasteiger charge is -2.29. The summed E-state index contributed by atoms with van der Waals surface area (Å²) in [5, 5.41) is 25.7. The number of benzene rings is 2. The van der Waals surface area contributed by atoms with Crippen molar-refractivity contribution in [3.8, 4) is 0 Å². The Kier molecular flexibility index (Phi) is 10.0. The highest BCUT2D eigenvalue weighted by Gasteiger charge is 2.38. The summed E-state index contributed by atoms with van der Waals surface area (Å²) in [6.45, 7) is 2.22. The van der Waals surface area contributed by atoms with Crippen LogP contribution in [0.25, 0.3) is 10.9 Å². The fourth-order valence-electron chi connectivity index (χ4n) is 4.45. The number of anilines is 2. The number of fused-ring (bicyclic) bond motifs is 1. The van der Waals surface area contributed by atoms with Gasteiger partial charge in [0, 0.05) is 49.3 Å². The SMILES string of the molecule is Cc1ccc(C(=O)NCC2CCC(Nc3nc(N(C)C)c4ccccc4n3)CC2)cc1[N+](=O)[O-].O=C(O)C(F)(F)F. The zero-order valence-electron chi connectivity index (χ0n) is 22.7. The van der Waals surface area contributed by atoms with Gasteiger partial charge in [-0.3, -0.25) is 14.9 Å². The molecule has 11 nitrogen and oxygen atoms in total. The second-order valence-electron chi connectivity index (χ2n) is 9.92. The summed E-state index contributed by atoms with van der Waals surface area (Å²) in [7, 11) is 3.96. The first kappa shape index (κ1) is 31.0. The summed E-state index contributed by atoms with van der Waals surface area (Å²) in [5.41, 5.74) is 1.74. The van der Waals surface area contributed by atoms with E-state index in [1.165, 1.54) is 6.07 Å². The van der Waals surface area contributed by atoms with Crippen molar-refractivity contribution in [1.29, 1.82) is 0 Å². The minimum atomic E-state index is -5.08. The molecule has 1 aliphatic carbocycles. The molecular weight excluding hydrogens is 545 g/mol. The maximum absolute atomic E-state index is 12.5. The van der Waals surface area contributed by atoms with Crippen molar-refractivity contribution >= 4 is 40.2 Å². The molecule has 0 bridgehead atoms. The van der Waals surface area contributed by atoms with Gasteiger partial charge in [-0.1, -0.05) is 18.2 Å². The van der Waals surface area contributed by atoms with Crippen molar-refractivity contribution in [3.05, 3.63) is 63.7 Å². The standard InChI is InChI=1S/C25H30N6O3.C2HF3O2/c1-16-8-11-18(14-22(16)31(33)34)24(32)26-15-17-9-12-19(13-10-17)27-25-28-21-7-5-4-6-20(21)23(29-25)30(2)3;3-2(4,5)1(6)7/h4-8,11,14,17,19H,9-10,12-13,15H2,1-3H3,(H,26,32)(H,27,28,29);(H,6,7). The van der Waals surface area contributed by atoms with Gasteiger partial charge in [-0.15, -0.1) is 0 Å².